The van der Waals surface area contributed by atoms with E-state index in [0.717, 1.165) is 0 Å². The van der Waals surface area contributed by atoms with Gasteiger partial charge in [0.15, 0.2) is 11.5 Å². The highest BCUT2D eigenvalue weighted by Gasteiger charge is 2.16. The SMILES string of the molecule is C/C(=N\NC(=O)c1ccc2c(c1)OCO2)c1ccccc1O. The van der Waals surface area contributed by atoms with Crippen LogP contribution in [-0.4, -0.2) is 23.5 Å². The van der Waals surface area contributed by atoms with Crippen LogP contribution >= 0.6 is 0 Å². The summed E-state index contributed by atoms with van der Waals surface area (Å²) in [6.07, 6.45) is 0. The van der Waals surface area contributed by atoms with Crippen molar-refractivity contribution in [2.45, 2.75) is 6.92 Å². The number of aromatic hydroxyl groups is 1. The molecule has 1 aliphatic heterocycles. The van der Waals surface area contributed by atoms with Crippen LogP contribution in [0.25, 0.3) is 0 Å². The molecular weight excluding hydrogens is 284 g/mol. The number of carbonyl (C=O) groups is 1. The highest BCUT2D eigenvalue weighted by molar-refractivity contribution is 6.02. The third-order valence-corrected chi connectivity index (χ3v) is 3.25. The zero-order chi connectivity index (χ0) is 15.5. The highest BCUT2D eigenvalue weighted by Crippen LogP contribution is 2.32. The van der Waals surface area contributed by atoms with E-state index in [9.17, 15) is 9.90 Å². The van der Waals surface area contributed by atoms with Crippen molar-refractivity contribution in [3.63, 3.8) is 0 Å². The van der Waals surface area contributed by atoms with Crippen LogP contribution in [0.2, 0.25) is 0 Å². The fraction of sp³-hybridized carbons (Fsp3) is 0.125. The van der Waals surface area contributed by atoms with Crippen LogP contribution in [0.1, 0.15) is 22.8 Å². The Balaban J connectivity index is 1.74. The topological polar surface area (TPSA) is 80.2 Å². The molecule has 0 atom stereocenters. The first kappa shape index (κ1) is 13.9. The van der Waals surface area contributed by atoms with Crippen molar-refractivity contribution < 1.29 is 19.4 Å². The number of hydrazone groups is 1. The van der Waals surface area contributed by atoms with Crippen LogP contribution in [0.4, 0.5) is 0 Å². The van der Waals surface area contributed by atoms with E-state index in [2.05, 4.69) is 10.5 Å². The molecule has 0 saturated carbocycles. The minimum absolute atomic E-state index is 0.112. The molecule has 0 fully saturated rings. The lowest BCUT2D eigenvalue weighted by molar-refractivity contribution is 0.0954. The average Bonchev–Trinajstić information content (AvgIpc) is 3.00. The van der Waals surface area contributed by atoms with Crippen LogP contribution in [-0.2, 0) is 0 Å². The summed E-state index contributed by atoms with van der Waals surface area (Å²) in [7, 11) is 0. The molecule has 3 rings (SSSR count). The van der Waals surface area contributed by atoms with Crippen molar-refractivity contribution in [2.75, 3.05) is 6.79 Å². The highest BCUT2D eigenvalue weighted by atomic mass is 16.7. The second-order valence-corrected chi connectivity index (χ2v) is 4.72. The Morgan fingerprint density at radius 3 is 2.77 bits per heavy atom. The predicted molar refractivity (Wildman–Crippen MR) is 80.3 cm³/mol. The zero-order valence-electron chi connectivity index (χ0n) is 11.9. The summed E-state index contributed by atoms with van der Waals surface area (Å²) < 4.78 is 10.4. The summed E-state index contributed by atoms with van der Waals surface area (Å²) in [4.78, 5) is 12.1. The molecule has 22 heavy (non-hydrogen) atoms. The molecule has 2 aromatic carbocycles. The maximum atomic E-state index is 12.1. The Morgan fingerprint density at radius 2 is 1.95 bits per heavy atom. The number of hydrogen-bond donors (Lipinski definition) is 2. The molecule has 0 radical (unpaired) electrons. The predicted octanol–water partition coefficient (Wildman–Crippen LogP) is 2.27. The molecule has 112 valence electrons. The molecule has 6 heteroatoms. The standard InChI is InChI=1S/C16H14N2O4/c1-10(12-4-2-3-5-13(12)19)17-18-16(20)11-6-7-14-15(8-11)22-9-21-14/h2-8,19H,9H2,1H3,(H,18,20)/b17-10+. The van der Waals surface area contributed by atoms with Crippen molar-refractivity contribution in [1.29, 1.82) is 0 Å². The normalized spacial score (nSPS) is 13.0. The van der Waals surface area contributed by atoms with Crippen LogP contribution in [0.5, 0.6) is 17.2 Å². The molecule has 2 N–H and O–H groups in total. The molecule has 0 aromatic heterocycles. The summed E-state index contributed by atoms with van der Waals surface area (Å²) in [6, 6.07) is 11.7. The minimum atomic E-state index is -0.368. The van der Waals surface area contributed by atoms with E-state index in [1.54, 1.807) is 49.4 Å². The maximum absolute atomic E-state index is 12.1. The van der Waals surface area contributed by atoms with E-state index in [4.69, 9.17) is 9.47 Å². The number of carbonyl (C=O) groups excluding carboxylic acids is 1. The molecule has 1 heterocycles. The molecule has 0 bridgehead atoms. The number of phenolic OH excluding ortho intramolecular Hbond substituents is 1. The summed E-state index contributed by atoms with van der Waals surface area (Å²) in [5.41, 5.74) is 3.94. The Morgan fingerprint density at radius 1 is 1.18 bits per heavy atom. The first-order valence-electron chi connectivity index (χ1n) is 6.68. The smallest absolute Gasteiger partial charge is 0.271 e. The second-order valence-electron chi connectivity index (χ2n) is 4.72. The van der Waals surface area contributed by atoms with E-state index in [0.29, 0.717) is 28.3 Å². The number of para-hydroxylation sites is 1. The van der Waals surface area contributed by atoms with Crippen molar-refractivity contribution in [3.8, 4) is 17.2 Å². The number of amides is 1. The third kappa shape index (κ3) is 2.71. The fourth-order valence-electron chi connectivity index (χ4n) is 2.08. The summed E-state index contributed by atoms with van der Waals surface area (Å²) in [5, 5.41) is 13.8. The van der Waals surface area contributed by atoms with Crippen LogP contribution in [0.15, 0.2) is 47.6 Å². The molecule has 6 nitrogen and oxygen atoms in total. The van der Waals surface area contributed by atoms with Gasteiger partial charge in [-0.25, -0.2) is 5.43 Å². The van der Waals surface area contributed by atoms with Gasteiger partial charge in [-0.05, 0) is 37.3 Å². The van der Waals surface area contributed by atoms with Gasteiger partial charge in [0, 0.05) is 11.1 Å². The number of benzene rings is 2. The van der Waals surface area contributed by atoms with Crippen molar-refractivity contribution in [3.05, 3.63) is 53.6 Å². The number of phenols is 1. The lowest BCUT2D eigenvalue weighted by Gasteiger charge is -2.05. The van der Waals surface area contributed by atoms with Crippen LogP contribution < -0.4 is 14.9 Å². The van der Waals surface area contributed by atoms with Gasteiger partial charge in [-0.1, -0.05) is 12.1 Å². The first-order chi connectivity index (χ1) is 10.6. The molecule has 1 aliphatic rings. The Bertz CT molecular complexity index is 756. The Kier molecular flexibility index (Phi) is 3.65. The number of fused-ring (bicyclic) bond motifs is 1. The monoisotopic (exact) mass is 298 g/mol. The average molecular weight is 298 g/mol. The largest absolute Gasteiger partial charge is 0.507 e. The third-order valence-electron chi connectivity index (χ3n) is 3.25. The van der Waals surface area contributed by atoms with Crippen LogP contribution in [0.3, 0.4) is 0 Å². The maximum Gasteiger partial charge on any atom is 0.271 e. The van der Waals surface area contributed by atoms with Gasteiger partial charge >= 0.3 is 0 Å². The van der Waals surface area contributed by atoms with Crippen LogP contribution in [0, 0.1) is 0 Å². The lowest BCUT2D eigenvalue weighted by atomic mass is 10.1. The summed E-state index contributed by atoms with van der Waals surface area (Å²) in [6.45, 7) is 1.86. The van der Waals surface area contributed by atoms with Gasteiger partial charge in [0.25, 0.3) is 5.91 Å². The van der Waals surface area contributed by atoms with Crippen molar-refractivity contribution in [1.82, 2.24) is 5.43 Å². The summed E-state index contributed by atoms with van der Waals surface area (Å²) >= 11 is 0. The number of nitrogens with one attached hydrogen (secondary N) is 1. The van der Waals surface area contributed by atoms with Crippen molar-refractivity contribution >= 4 is 11.6 Å². The van der Waals surface area contributed by atoms with E-state index >= 15 is 0 Å². The Labute approximate surface area is 127 Å². The molecule has 2 aromatic rings. The number of ether oxygens (including phenoxy) is 2. The van der Waals surface area contributed by atoms with Gasteiger partial charge in [-0.3, -0.25) is 4.79 Å². The van der Waals surface area contributed by atoms with Gasteiger partial charge in [0.1, 0.15) is 5.75 Å². The number of nitrogens with zero attached hydrogens (tertiary/aromatic N) is 1. The lowest BCUT2D eigenvalue weighted by Crippen LogP contribution is -2.19. The second kappa shape index (κ2) is 5.77. The summed E-state index contributed by atoms with van der Waals surface area (Å²) in [5.74, 6) is 0.897. The number of rotatable bonds is 3. The minimum Gasteiger partial charge on any atom is -0.507 e. The quantitative estimate of drug-likeness (QED) is 0.673. The molecule has 0 aliphatic carbocycles. The molecule has 1 amide bonds. The van der Waals surface area contributed by atoms with Gasteiger partial charge in [0.05, 0.1) is 5.71 Å². The zero-order valence-corrected chi connectivity index (χ0v) is 11.9. The van der Waals surface area contributed by atoms with Crippen molar-refractivity contribution in [2.24, 2.45) is 5.10 Å². The van der Waals surface area contributed by atoms with Gasteiger partial charge in [-0.2, -0.15) is 5.10 Å². The Hall–Kier alpha value is -3.02. The number of hydrogen-bond acceptors (Lipinski definition) is 5. The van der Waals surface area contributed by atoms with Gasteiger partial charge in [-0.15, -0.1) is 0 Å². The van der Waals surface area contributed by atoms with E-state index in [1.807, 2.05) is 0 Å². The van der Waals surface area contributed by atoms with Gasteiger partial charge in [0.2, 0.25) is 6.79 Å². The molecule has 0 saturated heterocycles. The molecule has 0 spiro atoms. The van der Waals surface area contributed by atoms with Gasteiger partial charge < -0.3 is 14.6 Å². The molecule has 0 unspecified atom stereocenters. The molecular formula is C16H14N2O4. The van der Waals surface area contributed by atoms with E-state index < -0.39 is 0 Å². The first-order valence-corrected chi connectivity index (χ1v) is 6.68. The van der Waals surface area contributed by atoms with E-state index in [-0.39, 0.29) is 18.4 Å². The van der Waals surface area contributed by atoms with E-state index in [1.165, 1.54) is 0 Å². The fourth-order valence-corrected chi connectivity index (χ4v) is 2.08.